The first-order valence-corrected chi connectivity index (χ1v) is 6.56. The molecule has 6 heteroatoms. The first-order valence-electron chi connectivity index (χ1n) is 6.56. The van der Waals surface area contributed by atoms with Crippen LogP contribution in [0.4, 0.5) is 10.1 Å². The average Bonchev–Trinajstić information content (AvgIpc) is 2.39. The Morgan fingerprint density at radius 2 is 1.82 bits per heavy atom. The summed E-state index contributed by atoms with van der Waals surface area (Å²) in [7, 11) is 0. The van der Waals surface area contributed by atoms with Crippen molar-refractivity contribution in [3.05, 3.63) is 58.9 Å². The fourth-order valence-electron chi connectivity index (χ4n) is 2.06. The maximum atomic E-state index is 13.2. The zero-order chi connectivity index (χ0) is 15.4. The van der Waals surface area contributed by atoms with Gasteiger partial charge in [-0.1, -0.05) is 12.1 Å². The molecule has 0 radical (unpaired) electrons. The largest absolute Gasteiger partial charge is 0.505 e. The van der Waals surface area contributed by atoms with Gasteiger partial charge in [0.25, 0.3) is 0 Å². The van der Waals surface area contributed by atoms with Gasteiger partial charge in [-0.05, 0) is 54.8 Å². The molecule has 2 rings (SSSR count). The van der Waals surface area contributed by atoms with Crippen molar-refractivity contribution in [3.63, 3.8) is 0 Å². The fourth-order valence-corrected chi connectivity index (χ4v) is 2.06. The highest BCUT2D eigenvalue weighted by molar-refractivity contribution is 14.0. The van der Waals surface area contributed by atoms with Crippen molar-refractivity contribution in [2.45, 2.75) is 20.4 Å². The van der Waals surface area contributed by atoms with Crippen LogP contribution in [0.2, 0.25) is 0 Å². The van der Waals surface area contributed by atoms with Crippen LogP contribution in [-0.2, 0) is 6.54 Å². The van der Waals surface area contributed by atoms with Gasteiger partial charge in [0.15, 0.2) is 17.5 Å². The number of hydrogen-bond donors (Lipinski definition) is 3. The first kappa shape index (κ1) is 18.2. The summed E-state index contributed by atoms with van der Waals surface area (Å²) in [4.78, 5) is 4.15. The van der Waals surface area contributed by atoms with Crippen molar-refractivity contribution in [2.75, 3.05) is 5.32 Å². The Hall–Kier alpha value is -1.83. The number of nitrogens with zero attached hydrogens (tertiary/aromatic N) is 1. The summed E-state index contributed by atoms with van der Waals surface area (Å²) in [6.45, 7) is 4.25. The highest BCUT2D eigenvalue weighted by atomic mass is 127. The minimum Gasteiger partial charge on any atom is -0.505 e. The predicted molar refractivity (Wildman–Crippen MR) is 98.3 cm³/mol. The number of phenols is 1. The zero-order valence-electron chi connectivity index (χ0n) is 12.4. The molecule has 0 unspecified atom stereocenters. The summed E-state index contributed by atoms with van der Waals surface area (Å²) in [5, 5.41) is 12.1. The van der Waals surface area contributed by atoms with Gasteiger partial charge in [-0.25, -0.2) is 9.38 Å². The van der Waals surface area contributed by atoms with Crippen LogP contribution in [0.5, 0.6) is 5.75 Å². The van der Waals surface area contributed by atoms with Crippen LogP contribution in [0, 0.1) is 19.7 Å². The molecule has 118 valence electrons. The Balaban J connectivity index is 0.00000242. The molecule has 4 N–H and O–H groups in total. The Morgan fingerprint density at radius 1 is 1.18 bits per heavy atom. The van der Waals surface area contributed by atoms with E-state index < -0.39 is 5.82 Å². The molecule has 0 aromatic heterocycles. The van der Waals surface area contributed by atoms with E-state index in [1.165, 1.54) is 12.1 Å². The molecule has 4 nitrogen and oxygen atoms in total. The molecule has 2 aromatic carbocycles. The van der Waals surface area contributed by atoms with Crippen LogP contribution in [0.1, 0.15) is 16.7 Å². The van der Waals surface area contributed by atoms with Crippen molar-refractivity contribution in [1.82, 2.24) is 0 Å². The summed E-state index contributed by atoms with van der Waals surface area (Å²) in [5.41, 5.74) is 9.58. The van der Waals surface area contributed by atoms with E-state index in [-0.39, 0.29) is 42.2 Å². The topological polar surface area (TPSA) is 70.6 Å². The van der Waals surface area contributed by atoms with Crippen molar-refractivity contribution in [2.24, 2.45) is 10.7 Å². The molecule has 0 spiro atoms. The number of nitrogens with one attached hydrogen (secondary N) is 1. The van der Waals surface area contributed by atoms with Crippen LogP contribution in [0.25, 0.3) is 0 Å². The van der Waals surface area contributed by atoms with Gasteiger partial charge >= 0.3 is 0 Å². The van der Waals surface area contributed by atoms with E-state index in [1.807, 2.05) is 26.0 Å². The molecule has 0 fully saturated rings. The van der Waals surface area contributed by atoms with Crippen molar-refractivity contribution < 1.29 is 9.50 Å². The molecule has 0 saturated heterocycles. The van der Waals surface area contributed by atoms with E-state index in [2.05, 4.69) is 16.4 Å². The molecule has 0 aliphatic heterocycles. The molecule has 2 aromatic rings. The average molecular weight is 415 g/mol. The van der Waals surface area contributed by atoms with Gasteiger partial charge in [0.2, 0.25) is 0 Å². The van der Waals surface area contributed by atoms with Gasteiger partial charge in [-0.15, -0.1) is 24.0 Å². The minimum atomic E-state index is -0.663. The monoisotopic (exact) mass is 415 g/mol. The SMILES string of the molecule is Cc1cc(C)cc(NC(N)=NCc2ccc(O)c(F)c2)c1.I. The Kier molecular flexibility index (Phi) is 6.61. The number of halogens is 2. The molecular weight excluding hydrogens is 396 g/mol. The third-order valence-electron chi connectivity index (χ3n) is 2.94. The number of anilines is 1. The zero-order valence-corrected chi connectivity index (χ0v) is 14.8. The van der Waals surface area contributed by atoms with Crippen LogP contribution in [-0.4, -0.2) is 11.1 Å². The molecule has 0 aliphatic carbocycles. The van der Waals surface area contributed by atoms with Gasteiger partial charge in [-0.2, -0.15) is 0 Å². The number of aromatic hydroxyl groups is 1. The molecule has 0 atom stereocenters. The maximum Gasteiger partial charge on any atom is 0.193 e. The first-order chi connectivity index (χ1) is 9.94. The Bertz CT molecular complexity index is 669. The number of nitrogens with two attached hydrogens (primary N) is 1. The molecule has 22 heavy (non-hydrogen) atoms. The van der Waals surface area contributed by atoms with Gasteiger partial charge in [-0.3, -0.25) is 0 Å². The lowest BCUT2D eigenvalue weighted by Crippen LogP contribution is -2.22. The summed E-state index contributed by atoms with van der Waals surface area (Å²) >= 11 is 0. The van der Waals surface area contributed by atoms with Crippen LogP contribution < -0.4 is 11.1 Å². The van der Waals surface area contributed by atoms with E-state index in [9.17, 15) is 4.39 Å². The third-order valence-corrected chi connectivity index (χ3v) is 2.94. The van der Waals surface area contributed by atoms with Gasteiger partial charge in [0, 0.05) is 5.69 Å². The molecular formula is C16H19FIN3O. The Labute approximate surface area is 146 Å². The summed E-state index contributed by atoms with van der Waals surface area (Å²) in [5.74, 6) is -0.777. The Morgan fingerprint density at radius 3 is 2.41 bits per heavy atom. The van der Waals surface area contributed by atoms with Crippen LogP contribution in [0.15, 0.2) is 41.4 Å². The number of rotatable bonds is 3. The van der Waals surface area contributed by atoms with E-state index in [0.29, 0.717) is 5.56 Å². The number of phenolic OH excluding ortho intramolecular Hbond substituents is 1. The number of hydrogen-bond acceptors (Lipinski definition) is 2. The second kappa shape index (κ2) is 7.98. The second-order valence-electron chi connectivity index (χ2n) is 4.99. The van der Waals surface area contributed by atoms with E-state index >= 15 is 0 Å². The van der Waals surface area contributed by atoms with Crippen LogP contribution in [0.3, 0.4) is 0 Å². The fraction of sp³-hybridized carbons (Fsp3) is 0.188. The van der Waals surface area contributed by atoms with E-state index in [1.54, 1.807) is 6.07 Å². The molecule has 0 heterocycles. The lowest BCUT2D eigenvalue weighted by Gasteiger charge is -2.08. The number of guanidine groups is 1. The normalized spacial score (nSPS) is 11.0. The lowest BCUT2D eigenvalue weighted by molar-refractivity contribution is 0.432. The maximum absolute atomic E-state index is 13.2. The van der Waals surface area contributed by atoms with E-state index in [4.69, 9.17) is 10.8 Å². The van der Waals surface area contributed by atoms with Gasteiger partial charge in [0.05, 0.1) is 6.54 Å². The van der Waals surface area contributed by atoms with Crippen molar-refractivity contribution in [3.8, 4) is 5.75 Å². The van der Waals surface area contributed by atoms with Gasteiger partial charge < -0.3 is 16.2 Å². The molecule has 0 bridgehead atoms. The van der Waals surface area contributed by atoms with E-state index in [0.717, 1.165) is 16.8 Å². The molecule has 0 saturated carbocycles. The smallest absolute Gasteiger partial charge is 0.193 e. The predicted octanol–water partition coefficient (Wildman–Crippen LogP) is 3.69. The number of aliphatic imine (C=N–C) groups is 1. The number of aryl methyl sites for hydroxylation is 2. The molecule has 0 amide bonds. The summed E-state index contributed by atoms with van der Waals surface area (Å²) in [6, 6.07) is 10.1. The quantitative estimate of drug-likeness (QED) is 0.407. The van der Waals surface area contributed by atoms with Crippen LogP contribution >= 0.6 is 24.0 Å². The minimum absolute atomic E-state index is 0. The summed E-state index contributed by atoms with van der Waals surface area (Å²) in [6.07, 6.45) is 0. The van der Waals surface area contributed by atoms with Gasteiger partial charge in [0.1, 0.15) is 0 Å². The number of benzene rings is 2. The second-order valence-corrected chi connectivity index (χ2v) is 4.99. The van der Waals surface area contributed by atoms with Crippen molar-refractivity contribution in [1.29, 1.82) is 0 Å². The summed E-state index contributed by atoms with van der Waals surface area (Å²) < 4.78 is 13.2. The highest BCUT2D eigenvalue weighted by Gasteiger charge is 2.02. The highest BCUT2D eigenvalue weighted by Crippen LogP contribution is 2.17. The standard InChI is InChI=1S/C16H18FN3O.HI/c1-10-5-11(2)7-13(6-10)20-16(18)19-9-12-3-4-15(21)14(17)8-12;/h3-8,21H,9H2,1-2H3,(H3,18,19,20);1H. The third kappa shape index (κ3) is 5.18. The lowest BCUT2D eigenvalue weighted by atomic mass is 10.1. The van der Waals surface area contributed by atoms with Crippen molar-refractivity contribution >= 4 is 35.6 Å². The molecule has 0 aliphatic rings.